The van der Waals surface area contributed by atoms with E-state index in [1.54, 1.807) is 12.1 Å². The van der Waals surface area contributed by atoms with Crippen LogP contribution in [0.25, 0.3) is 0 Å². The van der Waals surface area contributed by atoms with Crippen molar-refractivity contribution in [3.8, 4) is 5.75 Å². The Morgan fingerprint density at radius 3 is 2.29 bits per heavy atom. The molecule has 6 heteroatoms. The van der Waals surface area contributed by atoms with E-state index in [-0.39, 0.29) is 5.75 Å². The first kappa shape index (κ1) is 16.6. The quantitative estimate of drug-likeness (QED) is 0.837. The molecular formula is C15H23BClNO3. The first-order chi connectivity index (χ1) is 9.68. The summed E-state index contributed by atoms with van der Waals surface area (Å²) in [5.41, 5.74) is 6.44. The van der Waals surface area contributed by atoms with Gasteiger partial charge in [0.15, 0.2) is 0 Å². The Bertz CT molecular complexity index is 518. The van der Waals surface area contributed by atoms with Crippen molar-refractivity contribution < 1.29 is 14.4 Å². The fourth-order valence-corrected chi connectivity index (χ4v) is 2.68. The highest BCUT2D eigenvalue weighted by Crippen LogP contribution is 2.37. The fraction of sp³-hybridized carbons (Fsp3) is 0.600. The standard InChI is InChI=1S/C15H23BClNO3/c1-14(2)15(3,4)21-16(20-14)12-8-10(19)9-13(17)11(12)6-5-7-18/h8-9,19H,5-7,18H2,1-4H3. The summed E-state index contributed by atoms with van der Waals surface area (Å²) in [5, 5.41) is 10.4. The van der Waals surface area contributed by atoms with Crippen LogP contribution < -0.4 is 11.2 Å². The fourth-order valence-electron chi connectivity index (χ4n) is 2.37. The molecule has 1 aliphatic heterocycles. The van der Waals surface area contributed by atoms with Crippen LogP contribution in [0, 0.1) is 0 Å². The predicted molar refractivity (Wildman–Crippen MR) is 86.2 cm³/mol. The molecule has 1 aliphatic rings. The molecule has 0 bridgehead atoms. The van der Waals surface area contributed by atoms with Gasteiger partial charge in [-0.3, -0.25) is 0 Å². The monoisotopic (exact) mass is 311 g/mol. The van der Waals surface area contributed by atoms with Gasteiger partial charge < -0.3 is 20.1 Å². The van der Waals surface area contributed by atoms with E-state index in [1.165, 1.54) is 0 Å². The lowest BCUT2D eigenvalue weighted by Gasteiger charge is -2.32. The molecule has 4 nitrogen and oxygen atoms in total. The molecule has 21 heavy (non-hydrogen) atoms. The number of benzene rings is 1. The number of hydrogen-bond acceptors (Lipinski definition) is 4. The lowest BCUT2D eigenvalue weighted by Crippen LogP contribution is -2.41. The van der Waals surface area contributed by atoms with Gasteiger partial charge in [0.2, 0.25) is 0 Å². The predicted octanol–water partition coefficient (Wildman–Crippen LogP) is 2.24. The van der Waals surface area contributed by atoms with Crippen molar-refractivity contribution in [1.82, 2.24) is 0 Å². The zero-order valence-corrected chi connectivity index (χ0v) is 13.8. The van der Waals surface area contributed by atoms with Gasteiger partial charge in [-0.1, -0.05) is 11.6 Å². The highest BCUT2D eigenvalue weighted by atomic mass is 35.5. The number of nitrogens with two attached hydrogens (primary N) is 1. The number of aromatic hydroxyl groups is 1. The minimum absolute atomic E-state index is 0.112. The average Bonchev–Trinajstić information content (AvgIpc) is 2.56. The van der Waals surface area contributed by atoms with Crippen LogP contribution in [0.15, 0.2) is 12.1 Å². The van der Waals surface area contributed by atoms with E-state index in [0.29, 0.717) is 11.6 Å². The summed E-state index contributed by atoms with van der Waals surface area (Å²) in [6, 6.07) is 3.21. The highest BCUT2D eigenvalue weighted by molar-refractivity contribution is 6.63. The molecule has 1 aromatic rings. The third kappa shape index (κ3) is 3.21. The van der Waals surface area contributed by atoms with Crippen molar-refractivity contribution in [1.29, 1.82) is 0 Å². The topological polar surface area (TPSA) is 64.7 Å². The summed E-state index contributed by atoms with van der Waals surface area (Å²) in [4.78, 5) is 0. The minimum Gasteiger partial charge on any atom is -0.508 e. The van der Waals surface area contributed by atoms with Gasteiger partial charge in [0.25, 0.3) is 0 Å². The molecule has 2 rings (SSSR count). The second kappa shape index (κ2) is 5.80. The number of rotatable bonds is 4. The molecule has 116 valence electrons. The van der Waals surface area contributed by atoms with Gasteiger partial charge in [-0.25, -0.2) is 0 Å². The Labute approximate surface area is 131 Å². The number of hydrogen-bond donors (Lipinski definition) is 2. The number of phenolic OH excluding ortho intramolecular Hbond substituents is 1. The van der Waals surface area contributed by atoms with Crippen LogP contribution >= 0.6 is 11.6 Å². The van der Waals surface area contributed by atoms with E-state index >= 15 is 0 Å². The van der Waals surface area contributed by atoms with Gasteiger partial charge >= 0.3 is 7.12 Å². The van der Waals surface area contributed by atoms with Crippen molar-refractivity contribution >= 4 is 24.2 Å². The highest BCUT2D eigenvalue weighted by Gasteiger charge is 2.52. The first-order valence-corrected chi connectivity index (χ1v) is 7.63. The molecule has 0 amide bonds. The molecule has 0 unspecified atom stereocenters. The molecule has 1 saturated heterocycles. The van der Waals surface area contributed by atoms with Crippen LogP contribution in [-0.2, 0) is 15.7 Å². The Morgan fingerprint density at radius 1 is 1.19 bits per heavy atom. The molecule has 0 atom stereocenters. The van der Waals surface area contributed by atoms with E-state index in [4.69, 9.17) is 26.6 Å². The third-order valence-electron chi connectivity index (χ3n) is 4.35. The van der Waals surface area contributed by atoms with Crippen molar-refractivity contribution in [2.75, 3.05) is 6.54 Å². The largest absolute Gasteiger partial charge is 0.508 e. The van der Waals surface area contributed by atoms with Gasteiger partial charge in [-0.15, -0.1) is 0 Å². The van der Waals surface area contributed by atoms with Crippen LogP contribution in [0.4, 0.5) is 0 Å². The summed E-state index contributed by atoms with van der Waals surface area (Å²) in [6.45, 7) is 8.57. The summed E-state index contributed by atoms with van der Waals surface area (Å²) in [5.74, 6) is 0.112. The SMILES string of the molecule is CC1(C)OB(c2cc(O)cc(Cl)c2CCCN)OC1(C)C. The minimum atomic E-state index is -0.535. The van der Waals surface area contributed by atoms with Crippen molar-refractivity contribution in [2.45, 2.75) is 51.7 Å². The number of phenols is 1. The van der Waals surface area contributed by atoms with E-state index in [0.717, 1.165) is 23.9 Å². The van der Waals surface area contributed by atoms with Crippen molar-refractivity contribution in [2.24, 2.45) is 5.73 Å². The third-order valence-corrected chi connectivity index (χ3v) is 4.69. The lowest BCUT2D eigenvalue weighted by molar-refractivity contribution is 0.00578. The molecule has 3 N–H and O–H groups in total. The van der Waals surface area contributed by atoms with Crippen LogP contribution in [0.3, 0.4) is 0 Å². The van der Waals surface area contributed by atoms with E-state index in [1.807, 2.05) is 27.7 Å². The van der Waals surface area contributed by atoms with Crippen molar-refractivity contribution in [3.05, 3.63) is 22.7 Å². The van der Waals surface area contributed by atoms with Crippen LogP contribution in [-0.4, -0.2) is 30.0 Å². The second-order valence-corrected chi connectivity index (χ2v) is 6.88. The van der Waals surface area contributed by atoms with Crippen LogP contribution in [0.1, 0.15) is 39.7 Å². The summed E-state index contributed by atoms with van der Waals surface area (Å²) in [6.07, 6.45) is 1.55. The van der Waals surface area contributed by atoms with Gasteiger partial charge in [0.1, 0.15) is 5.75 Å². The van der Waals surface area contributed by atoms with Gasteiger partial charge in [0, 0.05) is 5.02 Å². The molecule has 0 saturated carbocycles. The summed E-state index contributed by atoms with van der Waals surface area (Å²) >= 11 is 6.28. The molecule has 0 aliphatic carbocycles. The zero-order chi connectivity index (χ0) is 15.8. The molecular weight excluding hydrogens is 288 g/mol. The Balaban J connectivity index is 2.40. The van der Waals surface area contributed by atoms with Crippen LogP contribution in [0.2, 0.25) is 5.02 Å². The van der Waals surface area contributed by atoms with E-state index in [2.05, 4.69) is 0 Å². The zero-order valence-electron chi connectivity index (χ0n) is 13.1. The smallest absolute Gasteiger partial charge is 0.495 e. The van der Waals surface area contributed by atoms with E-state index in [9.17, 15) is 5.11 Å². The molecule has 0 radical (unpaired) electrons. The van der Waals surface area contributed by atoms with Gasteiger partial charge in [0.05, 0.1) is 11.2 Å². The Kier molecular flexibility index (Phi) is 4.59. The molecule has 1 heterocycles. The van der Waals surface area contributed by atoms with Gasteiger partial charge in [-0.2, -0.15) is 0 Å². The maximum absolute atomic E-state index is 9.84. The normalized spacial score (nSPS) is 20.0. The molecule has 1 aromatic carbocycles. The second-order valence-electron chi connectivity index (χ2n) is 6.48. The maximum Gasteiger partial charge on any atom is 0.495 e. The first-order valence-electron chi connectivity index (χ1n) is 7.25. The van der Waals surface area contributed by atoms with E-state index < -0.39 is 18.3 Å². The number of halogens is 1. The average molecular weight is 312 g/mol. The Hall–Kier alpha value is -0.745. The van der Waals surface area contributed by atoms with Gasteiger partial charge in [-0.05, 0) is 70.2 Å². The molecule has 0 aromatic heterocycles. The summed E-state index contributed by atoms with van der Waals surface area (Å²) in [7, 11) is -0.535. The molecule has 1 fully saturated rings. The maximum atomic E-state index is 9.84. The summed E-state index contributed by atoms with van der Waals surface area (Å²) < 4.78 is 12.1. The van der Waals surface area contributed by atoms with Crippen LogP contribution in [0.5, 0.6) is 5.75 Å². The lowest BCUT2D eigenvalue weighted by atomic mass is 9.75. The Morgan fingerprint density at radius 2 is 1.76 bits per heavy atom. The van der Waals surface area contributed by atoms with Crippen molar-refractivity contribution in [3.63, 3.8) is 0 Å². The molecule has 0 spiro atoms.